The van der Waals surface area contributed by atoms with Gasteiger partial charge in [-0.25, -0.2) is 5.01 Å². The second kappa shape index (κ2) is 7.55. The number of nitrogens with zero attached hydrogens (tertiary/aromatic N) is 1. The predicted octanol–water partition coefficient (Wildman–Crippen LogP) is 1.96. The van der Waals surface area contributed by atoms with Crippen LogP contribution in [-0.2, 0) is 0 Å². The largest absolute Gasteiger partial charge is 0.298 e. The lowest BCUT2D eigenvalue weighted by molar-refractivity contribution is 0.112. The molecule has 20 heavy (non-hydrogen) atoms. The van der Waals surface area contributed by atoms with E-state index in [1.54, 1.807) is 12.1 Å². The SMILES string of the molecule is NN1CCNC1c1ccccc1.O=Cc1ccccc1. The molecule has 3 N–H and O–H groups in total. The van der Waals surface area contributed by atoms with E-state index >= 15 is 0 Å². The molecule has 0 radical (unpaired) electrons. The van der Waals surface area contributed by atoms with E-state index in [9.17, 15) is 4.79 Å². The molecule has 1 aliphatic rings. The molecule has 4 nitrogen and oxygen atoms in total. The number of nitrogens with one attached hydrogen (secondary N) is 1. The molecule has 104 valence electrons. The van der Waals surface area contributed by atoms with Crippen molar-refractivity contribution in [1.82, 2.24) is 10.3 Å². The van der Waals surface area contributed by atoms with Crippen molar-refractivity contribution in [2.45, 2.75) is 6.17 Å². The van der Waals surface area contributed by atoms with Crippen molar-refractivity contribution in [3.8, 4) is 0 Å². The average Bonchev–Trinajstić information content (AvgIpc) is 2.96. The summed E-state index contributed by atoms with van der Waals surface area (Å²) in [6, 6.07) is 19.3. The lowest BCUT2D eigenvalue weighted by atomic mass is 10.2. The Hall–Kier alpha value is -2.01. The van der Waals surface area contributed by atoms with Gasteiger partial charge in [0.15, 0.2) is 0 Å². The third kappa shape index (κ3) is 3.99. The number of carbonyl (C=O) groups excluding carboxylic acids is 1. The molecule has 0 saturated carbocycles. The van der Waals surface area contributed by atoms with Crippen molar-refractivity contribution in [2.75, 3.05) is 13.1 Å². The maximum absolute atomic E-state index is 10.0. The summed E-state index contributed by atoms with van der Waals surface area (Å²) in [5.74, 6) is 5.78. The Kier molecular flexibility index (Phi) is 5.43. The van der Waals surface area contributed by atoms with Gasteiger partial charge in [-0.05, 0) is 5.56 Å². The Morgan fingerprint density at radius 1 is 1.05 bits per heavy atom. The summed E-state index contributed by atoms with van der Waals surface area (Å²) in [7, 11) is 0. The highest BCUT2D eigenvalue weighted by molar-refractivity contribution is 5.74. The fourth-order valence-electron chi connectivity index (χ4n) is 2.05. The summed E-state index contributed by atoms with van der Waals surface area (Å²) in [6.07, 6.45) is 1.03. The smallest absolute Gasteiger partial charge is 0.150 e. The van der Waals surface area contributed by atoms with Crippen molar-refractivity contribution < 1.29 is 4.79 Å². The molecule has 1 aliphatic heterocycles. The lowest BCUT2D eigenvalue weighted by Crippen LogP contribution is -2.33. The Morgan fingerprint density at radius 3 is 2.10 bits per heavy atom. The highest BCUT2D eigenvalue weighted by Gasteiger charge is 2.21. The Morgan fingerprint density at radius 2 is 1.65 bits per heavy atom. The molecule has 0 aliphatic carbocycles. The maximum atomic E-state index is 10.0. The van der Waals surface area contributed by atoms with Crippen molar-refractivity contribution >= 4 is 6.29 Å². The number of carbonyl (C=O) groups is 1. The number of rotatable bonds is 2. The van der Waals surface area contributed by atoms with Crippen LogP contribution in [0.3, 0.4) is 0 Å². The van der Waals surface area contributed by atoms with Gasteiger partial charge in [0, 0.05) is 18.7 Å². The van der Waals surface area contributed by atoms with Crippen molar-refractivity contribution in [3.05, 3.63) is 71.8 Å². The van der Waals surface area contributed by atoms with Crippen LogP contribution in [0.5, 0.6) is 0 Å². The molecule has 2 aromatic carbocycles. The maximum Gasteiger partial charge on any atom is 0.150 e. The van der Waals surface area contributed by atoms with Gasteiger partial charge in [-0.15, -0.1) is 0 Å². The molecule has 1 fully saturated rings. The minimum atomic E-state index is 0.200. The first kappa shape index (κ1) is 14.4. The normalized spacial score (nSPS) is 18.1. The van der Waals surface area contributed by atoms with Crippen LogP contribution in [0.25, 0.3) is 0 Å². The Balaban J connectivity index is 0.000000160. The van der Waals surface area contributed by atoms with Crippen LogP contribution in [0.1, 0.15) is 22.1 Å². The third-order valence-corrected chi connectivity index (χ3v) is 3.09. The van der Waals surface area contributed by atoms with Gasteiger partial charge in [0.2, 0.25) is 0 Å². The monoisotopic (exact) mass is 269 g/mol. The number of hydrogen-bond acceptors (Lipinski definition) is 4. The van der Waals surface area contributed by atoms with Crippen molar-refractivity contribution in [3.63, 3.8) is 0 Å². The molecule has 1 heterocycles. The first-order chi connectivity index (χ1) is 9.81. The molecule has 0 spiro atoms. The number of benzene rings is 2. The second-order valence-electron chi connectivity index (χ2n) is 4.53. The zero-order chi connectivity index (χ0) is 14.2. The van der Waals surface area contributed by atoms with Gasteiger partial charge in [0.25, 0.3) is 0 Å². The first-order valence-corrected chi connectivity index (χ1v) is 6.61. The summed E-state index contributed by atoms with van der Waals surface area (Å²) in [6.45, 7) is 1.88. The molecule has 2 aromatic rings. The summed E-state index contributed by atoms with van der Waals surface area (Å²) in [4.78, 5) is 10.0. The number of hydrogen-bond donors (Lipinski definition) is 2. The highest BCUT2D eigenvalue weighted by atomic mass is 16.1. The third-order valence-electron chi connectivity index (χ3n) is 3.09. The van der Waals surface area contributed by atoms with Gasteiger partial charge in [0.05, 0.1) is 6.17 Å². The predicted molar refractivity (Wildman–Crippen MR) is 79.9 cm³/mol. The van der Waals surface area contributed by atoms with Crippen LogP contribution in [0, 0.1) is 0 Å². The van der Waals surface area contributed by atoms with Crippen LogP contribution in [-0.4, -0.2) is 24.4 Å². The van der Waals surface area contributed by atoms with Crippen LogP contribution in [0.2, 0.25) is 0 Å². The summed E-state index contributed by atoms with van der Waals surface area (Å²) >= 11 is 0. The lowest BCUT2D eigenvalue weighted by Gasteiger charge is -2.18. The van der Waals surface area contributed by atoms with E-state index < -0.39 is 0 Å². The van der Waals surface area contributed by atoms with E-state index in [0.29, 0.717) is 0 Å². The van der Waals surface area contributed by atoms with E-state index in [2.05, 4.69) is 17.4 Å². The van der Waals surface area contributed by atoms with Gasteiger partial charge in [-0.3, -0.25) is 16.0 Å². The minimum absolute atomic E-state index is 0.200. The zero-order valence-corrected chi connectivity index (χ0v) is 11.3. The topological polar surface area (TPSA) is 58.4 Å². The standard InChI is InChI=1S/C9H13N3.C7H6O/c10-12-7-6-11-9(12)8-4-2-1-3-5-8;8-6-7-4-2-1-3-5-7/h1-5,9,11H,6-7,10H2;1-6H. The van der Waals surface area contributed by atoms with Gasteiger partial charge in [-0.1, -0.05) is 60.7 Å². The van der Waals surface area contributed by atoms with E-state index in [1.807, 2.05) is 41.4 Å². The van der Waals surface area contributed by atoms with E-state index in [-0.39, 0.29) is 6.17 Å². The van der Waals surface area contributed by atoms with E-state index in [1.165, 1.54) is 5.56 Å². The summed E-state index contributed by atoms with van der Waals surface area (Å²) in [5.41, 5.74) is 1.96. The first-order valence-electron chi connectivity index (χ1n) is 6.61. The number of hydrazine groups is 1. The molecular weight excluding hydrogens is 250 g/mol. The summed E-state index contributed by atoms with van der Waals surface area (Å²) in [5, 5.41) is 5.15. The molecular formula is C16H19N3O. The molecule has 3 rings (SSSR count). The molecule has 1 saturated heterocycles. The van der Waals surface area contributed by atoms with E-state index in [4.69, 9.17) is 5.84 Å². The molecule has 0 amide bonds. The summed E-state index contributed by atoms with van der Waals surface area (Å²) < 4.78 is 0. The Bertz CT molecular complexity index is 516. The van der Waals surface area contributed by atoms with Gasteiger partial charge < -0.3 is 0 Å². The zero-order valence-electron chi connectivity index (χ0n) is 11.3. The van der Waals surface area contributed by atoms with Crippen LogP contribution in [0.4, 0.5) is 0 Å². The molecule has 0 aromatic heterocycles. The van der Waals surface area contributed by atoms with Gasteiger partial charge in [0.1, 0.15) is 6.29 Å². The van der Waals surface area contributed by atoms with Gasteiger partial charge >= 0.3 is 0 Å². The number of aldehydes is 1. The highest BCUT2D eigenvalue weighted by Crippen LogP contribution is 2.17. The molecule has 0 bridgehead atoms. The van der Waals surface area contributed by atoms with E-state index in [0.717, 1.165) is 24.9 Å². The molecule has 4 heteroatoms. The van der Waals surface area contributed by atoms with Crippen LogP contribution in [0.15, 0.2) is 60.7 Å². The van der Waals surface area contributed by atoms with Crippen molar-refractivity contribution in [1.29, 1.82) is 0 Å². The van der Waals surface area contributed by atoms with Crippen molar-refractivity contribution in [2.24, 2.45) is 5.84 Å². The Labute approximate surface area is 119 Å². The second-order valence-corrected chi connectivity index (χ2v) is 4.53. The molecule has 1 unspecified atom stereocenters. The molecule has 1 atom stereocenters. The minimum Gasteiger partial charge on any atom is -0.298 e. The number of nitrogens with two attached hydrogens (primary N) is 1. The van der Waals surface area contributed by atoms with Crippen LogP contribution >= 0.6 is 0 Å². The van der Waals surface area contributed by atoms with Crippen LogP contribution < -0.4 is 11.2 Å². The average molecular weight is 269 g/mol. The fourth-order valence-corrected chi connectivity index (χ4v) is 2.05. The fraction of sp³-hybridized carbons (Fsp3) is 0.188. The quantitative estimate of drug-likeness (QED) is 0.646. The van der Waals surface area contributed by atoms with Gasteiger partial charge in [-0.2, -0.15) is 0 Å².